The fourth-order valence-corrected chi connectivity index (χ4v) is 3.01. The zero-order chi connectivity index (χ0) is 14.2. The largest absolute Gasteiger partial charge is 0.480 e. The third-order valence-corrected chi connectivity index (χ3v) is 4.21. The molecule has 1 N–H and O–H groups in total. The first-order valence-corrected chi connectivity index (χ1v) is 7.58. The second-order valence-electron chi connectivity index (χ2n) is 4.49. The van der Waals surface area contributed by atoms with Crippen molar-refractivity contribution in [2.45, 2.75) is 18.1 Å². The SMILES string of the molecule is O=C(O)C(Cc1ccccc1)SCCc1ccncc1. The molecular weight excluding hydrogens is 270 g/mol. The predicted octanol–water partition coefficient (Wildman–Crippen LogP) is 3.05. The zero-order valence-electron chi connectivity index (χ0n) is 11.1. The average Bonchev–Trinajstić information content (AvgIpc) is 2.48. The number of aryl methyl sites for hydroxylation is 1. The molecule has 1 aromatic heterocycles. The van der Waals surface area contributed by atoms with E-state index in [1.54, 1.807) is 12.4 Å². The maximum atomic E-state index is 11.3. The Hall–Kier alpha value is -1.81. The number of carboxylic acids is 1. The molecule has 1 unspecified atom stereocenters. The Labute approximate surface area is 123 Å². The van der Waals surface area contributed by atoms with E-state index in [2.05, 4.69) is 4.98 Å². The van der Waals surface area contributed by atoms with Gasteiger partial charge in [0.1, 0.15) is 5.25 Å². The van der Waals surface area contributed by atoms with E-state index < -0.39 is 5.97 Å². The molecular formula is C16H17NO2S. The zero-order valence-corrected chi connectivity index (χ0v) is 11.9. The molecule has 1 aromatic carbocycles. The molecule has 0 spiro atoms. The molecule has 0 fully saturated rings. The van der Waals surface area contributed by atoms with Crippen LogP contribution in [0.2, 0.25) is 0 Å². The molecule has 4 heteroatoms. The molecule has 0 aliphatic carbocycles. The van der Waals surface area contributed by atoms with Crippen LogP contribution >= 0.6 is 11.8 Å². The number of carboxylic acid groups (broad SMARTS) is 1. The van der Waals surface area contributed by atoms with Crippen molar-refractivity contribution in [3.05, 3.63) is 66.0 Å². The van der Waals surface area contributed by atoms with Gasteiger partial charge in [-0.15, -0.1) is 11.8 Å². The van der Waals surface area contributed by atoms with Crippen LogP contribution in [0.4, 0.5) is 0 Å². The molecule has 3 nitrogen and oxygen atoms in total. The molecule has 2 aromatic rings. The Morgan fingerprint density at radius 3 is 2.45 bits per heavy atom. The van der Waals surface area contributed by atoms with Crippen LogP contribution in [-0.2, 0) is 17.6 Å². The van der Waals surface area contributed by atoms with Crippen LogP contribution in [0.1, 0.15) is 11.1 Å². The van der Waals surface area contributed by atoms with Gasteiger partial charge in [0, 0.05) is 12.4 Å². The van der Waals surface area contributed by atoms with E-state index >= 15 is 0 Å². The molecule has 0 saturated carbocycles. The quantitative estimate of drug-likeness (QED) is 0.850. The lowest BCUT2D eigenvalue weighted by molar-refractivity contribution is -0.136. The molecule has 20 heavy (non-hydrogen) atoms. The summed E-state index contributed by atoms with van der Waals surface area (Å²) in [6.45, 7) is 0. The van der Waals surface area contributed by atoms with Gasteiger partial charge < -0.3 is 5.11 Å². The van der Waals surface area contributed by atoms with Gasteiger partial charge in [-0.05, 0) is 41.9 Å². The molecule has 0 bridgehead atoms. The first kappa shape index (κ1) is 14.6. The van der Waals surface area contributed by atoms with Crippen molar-refractivity contribution in [1.82, 2.24) is 4.98 Å². The van der Waals surface area contributed by atoms with Gasteiger partial charge in [0.2, 0.25) is 0 Å². The number of pyridine rings is 1. The number of hydrogen-bond acceptors (Lipinski definition) is 3. The van der Waals surface area contributed by atoms with E-state index in [9.17, 15) is 9.90 Å². The van der Waals surface area contributed by atoms with E-state index in [1.807, 2.05) is 42.5 Å². The minimum absolute atomic E-state index is 0.390. The minimum Gasteiger partial charge on any atom is -0.480 e. The highest BCUT2D eigenvalue weighted by Gasteiger charge is 2.18. The monoisotopic (exact) mass is 287 g/mol. The van der Waals surface area contributed by atoms with Crippen LogP contribution in [0.5, 0.6) is 0 Å². The van der Waals surface area contributed by atoms with E-state index in [-0.39, 0.29) is 5.25 Å². The second-order valence-corrected chi connectivity index (χ2v) is 5.80. The highest BCUT2D eigenvalue weighted by atomic mass is 32.2. The third-order valence-electron chi connectivity index (χ3n) is 3.00. The number of thioether (sulfide) groups is 1. The molecule has 0 radical (unpaired) electrons. The summed E-state index contributed by atoms with van der Waals surface area (Å²) in [6, 6.07) is 13.7. The van der Waals surface area contributed by atoms with Crippen LogP contribution in [0.15, 0.2) is 54.9 Å². The molecule has 0 aliphatic rings. The summed E-state index contributed by atoms with van der Waals surface area (Å²) in [7, 11) is 0. The predicted molar refractivity (Wildman–Crippen MR) is 82.0 cm³/mol. The fraction of sp³-hybridized carbons (Fsp3) is 0.250. The smallest absolute Gasteiger partial charge is 0.316 e. The summed E-state index contributed by atoms with van der Waals surface area (Å²) in [5.74, 6) is 0.0574. The first-order chi connectivity index (χ1) is 9.75. The lowest BCUT2D eigenvalue weighted by Gasteiger charge is -2.12. The first-order valence-electron chi connectivity index (χ1n) is 6.53. The van der Waals surface area contributed by atoms with Gasteiger partial charge in [0.15, 0.2) is 0 Å². The maximum absolute atomic E-state index is 11.3. The highest BCUT2D eigenvalue weighted by molar-refractivity contribution is 8.00. The summed E-state index contributed by atoms with van der Waals surface area (Å²) in [5, 5.41) is 8.91. The lowest BCUT2D eigenvalue weighted by atomic mass is 10.1. The highest BCUT2D eigenvalue weighted by Crippen LogP contribution is 2.18. The normalized spacial score (nSPS) is 12.0. The number of rotatable bonds is 7. The van der Waals surface area contributed by atoms with Gasteiger partial charge in [-0.3, -0.25) is 9.78 Å². The Morgan fingerprint density at radius 1 is 1.10 bits per heavy atom. The topological polar surface area (TPSA) is 50.2 Å². The summed E-state index contributed by atoms with van der Waals surface area (Å²) in [6.07, 6.45) is 4.96. The lowest BCUT2D eigenvalue weighted by Crippen LogP contribution is -2.20. The number of nitrogens with zero attached hydrogens (tertiary/aromatic N) is 1. The molecule has 0 aliphatic heterocycles. The summed E-state index contributed by atoms with van der Waals surface area (Å²) in [4.78, 5) is 15.3. The molecule has 1 atom stereocenters. The van der Waals surface area contributed by atoms with Crippen LogP contribution in [0, 0.1) is 0 Å². The van der Waals surface area contributed by atoms with E-state index in [0.717, 1.165) is 17.7 Å². The van der Waals surface area contributed by atoms with Crippen LogP contribution in [0.3, 0.4) is 0 Å². The Balaban J connectivity index is 1.85. The number of hydrogen-bond donors (Lipinski definition) is 1. The standard InChI is InChI=1S/C16H17NO2S/c18-16(19)15(12-14-4-2-1-3-5-14)20-11-8-13-6-9-17-10-7-13/h1-7,9-10,15H,8,11-12H2,(H,18,19). The van der Waals surface area contributed by atoms with Crippen molar-refractivity contribution >= 4 is 17.7 Å². The van der Waals surface area contributed by atoms with Crippen molar-refractivity contribution in [1.29, 1.82) is 0 Å². The van der Waals surface area contributed by atoms with Gasteiger partial charge in [0.05, 0.1) is 0 Å². The van der Waals surface area contributed by atoms with Crippen LogP contribution in [-0.4, -0.2) is 27.1 Å². The summed E-state index contributed by atoms with van der Waals surface area (Å²) < 4.78 is 0. The molecule has 104 valence electrons. The van der Waals surface area contributed by atoms with Gasteiger partial charge in [-0.25, -0.2) is 0 Å². The molecule has 1 heterocycles. The maximum Gasteiger partial charge on any atom is 0.316 e. The summed E-state index contributed by atoms with van der Waals surface area (Å²) in [5.41, 5.74) is 2.26. The second kappa shape index (κ2) is 7.70. The molecule has 2 rings (SSSR count). The minimum atomic E-state index is -0.742. The Kier molecular flexibility index (Phi) is 5.62. The van der Waals surface area contributed by atoms with Crippen molar-refractivity contribution in [3.8, 4) is 0 Å². The van der Waals surface area contributed by atoms with Crippen molar-refractivity contribution in [3.63, 3.8) is 0 Å². The van der Waals surface area contributed by atoms with Gasteiger partial charge >= 0.3 is 5.97 Å². The number of aromatic nitrogens is 1. The summed E-state index contributed by atoms with van der Waals surface area (Å²) >= 11 is 1.50. The van der Waals surface area contributed by atoms with Crippen molar-refractivity contribution in [2.24, 2.45) is 0 Å². The van der Waals surface area contributed by atoms with E-state index in [4.69, 9.17) is 0 Å². The van der Waals surface area contributed by atoms with Gasteiger partial charge in [0.25, 0.3) is 0 Å². The van der Waals surface area contributed by atoms with E-state index in [1.165, 1.54) is 17.3 Å². The fourth-order valence-electron chi connectivity index (χ4n) is 1.91. The Bertz CT molecular complexity index is 531. The number of aliphatic carboxylic acids is 1. The molecule has 0 amide bonds. The van der Waals surface area contributed by atoms with Crippen molar-refractivity contribution in [2.75, 3.05) is 5.75 Å². The van der Waals surface area contributed by atoms with Crippen LogP contribution in [0.25, 0.3) is 0 Å². The van der Waals surface area contributed by atoms with Crippen LogP contribution < -0.4 is 0 Å². The Morgan fingerprint density at radius 2 is 1.80 bits per heavy atom. The van der Waals surface area contributed by atoms with Gasteiger partial charge in [-0.2, -0.15) is 0 Å². The van der Waals surface area contributed by atoms with Crippen molar-refractivity contribution < 1.29 is 9.90 Å². The van der Waals surface area contributed by atoms with Gasteiger partial charge in [-0.1, -0.05) is 30.3 Å². The third kappa shape index (κ3) is 4.70. The number of benzene rings is 1. The molecule has 0 saturated heterocycles. The average molecular weight is 287 g/mol. The van der Waals surface area contributed by atoms with E-state index in [0.29, 0.717) is 6.42 Å². The number of carbonyl (C=O) groups is 1.